The zero-order valence-corrected chi connectivity index (χ0v) is 11.4. The van der Waals surface area contributed by atoms with Crippen LogP contribution in [0.5, 0.6) is 0 Å². The maximum atomic E-state index is 3.18. The Hall–Kier alpha value is -1.32. The molecule has 0 radical (unpaired) electrons. The van der Waals surface area contributed by atoms with E-state index in [0.717, 1.165) is 12.8 Å². The molecule has 0 aliphatic rings. The summed E-state index contributed by atoms with van der Waals surface area (Å²) in [5.41, 5.74) is 0. The van der Waals surface area contributed by atoms with Gasteiger partial charge in [-0.1, -0.05) is 63.2 Å². The largest absolute Gasteiger partial charge is 0.103 e. The van der Waals surface area contributed by atoms with E-state index >= 15 is 0 Å². The van der Waals surface area contributed by atoms with Crippen molar-refractivity contribution in [3.05, 3.63) is 0 Å². The van der Waals surface area contributed by atoms with Crippen molar-refractivity contribution in [3.8, 4) is 35.5 Å². The van der Waals surface area contributed by atoms with Crippen LogP contribution in [-0.4, -0.2) is 0 Å². The quantitative estimate of drug-likeness (QED) is 0.478. The van der Waals surface area contributed by atoms with Crippen molar-refractivity contribution < 1.29 is 0 Å². The first-order valence-electron chi connectivity index (χ1n) is 6.79. The van der Waals surface area contributed by atoms with Gasteiger partial charge in [0.05, 0.1) is 12.8 Å². The Labute approximate surface area is 108 Å². The molecule has 0 heterocycles. The lowest BCUT2D eigenvalue weighted by atomic mass is 10.1. The van der Waals surface area contributed by atoms with Crippen LogP contribution in [0.1, 0.15) is 71.6 Å². The summed E-state index contributed by atoms with van der Waals surface area (Å²) in [6.07, 6.45) is 9.91. The highest BCUT2D eigenvalue weighted by Gasteiger charge is 1.85. The van der Waals surface area contributed by atoms with Crippen molar-refractivity contribution >= 4 is 0 Å². The third-order valence-electron chi connectivity index (χ3n) is 2.31. The molecule has 0 aliphatic heterocycles. The van der Waals surface area contributed by atoms with Gasteiger partial charge in [0.25, 0.3) is 0 Å². The molecule has 0 rings (SSSR count). The summed E-state index contributed by atoms with van der Waals surface area (Å²) in [5.74, 6) is 18.3. The van der Waals surface area contributed by atoms with Gasteiger partial charge >= 0.3 is 0 Å². The summed E-state index contributed by atoms with van der Waals surface area (Å²) in [4.78, 5) is 0. The predicted molar refractivity (Wildman–Crippen MR) is 76.2 cm³/mol. The van der Waals surface area contributed by atoms with E-state index in [4.69, 9.17) is 0 Å². The Kier molecular flexibility index (Phi) is 13.5. The highest BCUT2D eigenvalue weighted by atomic mass is 13.9. The normalized spacial score (nSPS) is 8.12. The molecule has 0 aromatic rings. The second-order valence-corrected chi connectivity index (χ2v) is 3.93. The Morgan fingerprint density at radius 3 is 1.82 bits per heavy atom. The molecule has 0 N–H and O–H groups in total. The lowest BCUT2D eigenvalue weighted by Gasteiger charge is -1.94. The molecule has 0 aromatic carbocycles. The van der Waals surface area contributed by atoms with Gasteiger partial charge in [-0.2, -0.15) is 0 Å². The molecule has 0 aromatic heterocycles. The molecule has 0 bridgehead atoms. The van der Waals surface area contributed by atoms with Gasteiger partial charge in [0.15, 0.2) is 0 Å². The third-order valence-corrected chi connectivity index (χ3v) is 2.31. The standard InChI is InChI=1S/C17H24/c1-3-5-7-9-11-13-15-17-16-14-12-10-8-6-4-2/h3-5,7,9-11,13,16H2,1-2H3. The van der Waals surface area contributed by atoms with E-state index < -0.39 is 0 Å². The molecule has 0 fully saturated rings. The molecule has 0 aliphatic carbocycles. The molecule has 0 atom stereocenters. The summed E-state index contributed by atoms with van der Waals surface area (Å²) in [5, 5.41) is 0. The number of rotatable bonds is 5. The molecule has 17 heavy (non-hydrogen) atoms. The topological polar surface area (TPSA) is 0 Å². The maximum Gasteiger partial charge on any atom is 0.0702 e. The van der Waals surface area contributed by atoms with Crippen molar-refractivity contribution in [1.82, 2.24) is 0 Å². The molecule has 0 spiro atoms. The number of hydrogen-bond donors (Lipinski definition) is 0. The van der Waals surface area contributed by atoms with Crippen LogP contribution in [0.2, 0.25) is 0 Å². The first kappa shape index (κ1) is 15.7. The summed E-state index contributed by atoms with van der Waals surface area (Å²) in [6, 6.07) is 0. The summed E-state index contributed by atoms with van der Waals surface area (Å²) >= 11 is 0. The van der Waals surface area contributed by atoms with Crippen LogP contribution in [0, 0.1) is 35.5 Å². The molecule has 0 heteroatoms. The Balaban J connectivity index is 3.36. The lowest BCUT2D eigenvalue weighted by Crippen LogP contribution is -1.76. The van der Waals surface area contributed by atoms with E-state index in [-0.39, 0.29) is 0 Å². The van der Waals surface area contributed by atoms with E-state index in [1.165, 1.54) is 32.1 Å². The minimum absolute atomic E-state index is 0.687. The minimum atomic E-state index is 0.687. The van der Waals surface area contributed by atoms with Crippen molar-refractivity contribution in [3.63, 3.8) is 0 Å². The van der Waals surface area contributed by atoms with Crippen LogP contribution in [-0.2, 0) is 0 Å². The Morgan fingerprint density at radius 2 is 1.18 bits per heavy atom. The molecule has 0 saturated heterocycles. The monoisotopic (exact) mass is 228 g/mol. The van der Waals surface area contributed by atoms with Crippen LogP contribution in [0.4, 0.5) is 0 Å². The van der Waals surface area contributed by atoms with Gasteiger partial charge in [0, 0.05) is 12.8 Å². The Bertz CT molecular complexity index is 329. The van der Waals surface area contributed by atoms with E-state index in [2.05, 4.69) is 42.4 Å². The zero-order valence-electron chi connectivity index (χ0n) is 11.4. The molecule has 0 unspecified atom stereocenters. The van der Waals surface area contributed by atoms with Crippen molar-refractivity contribution in [2.75, 3.05) is 0 Å². The van der Waals surface area contributed by atoms with Crippen LogP contribution < -0.4 is 0 Å². The van der Waals surface area contributed by atoms with Gasteiger partial charge in [0.1, 0.15) is 0 Å². The van der Waals surface area contributed by atoms with Crippen LogP contribution in [0.15, 0.2) is 0 Å². The average molecular weight is 228 g/mol. The van der Waals surface area contributed by atoms with E-state index in [1.54, 1.807) is 0 Å². The highest BCUT2D eigenvalue weighted by Crippen LogP contribution is 2.03. The second kappa shape index (κ2) is 14.7. The van der Waals surface area contributed by atoms with Gasteiger partial charge in [-0.05, 0) is 6.42 Å². The fourth-order valence-corrected chi connectivity index (χ4v) is 1.37. The van der Waals surface area contributed by atoms with E-state index in [9.17, 15) is 0 Å². The van der Waals surface area contributed by atoms with E-state index in [1.807, 2.05) is 6.92 Å². The van der Waals surface area contributed by atoms with Gasteiger partial charge in [-0.3, -0.25) is 0 Å². The molecule has 0 amide bonds. The smallest absolute Gasteiger partial charge is 0.0702 e. The molecule has 0 nitrogen and oxygen atoms in total. The number of unbranched alkanes of at least 4 members (excludes halogenated alkanes) is 5. The van der Waals surface area contributed by atoms with Gasteiger partial charge < -0.3 is 0 Å². The average Bonchev–Trinajstić information content (AvgIpc) is 2.35. The van der Waals surface area contributed by atoms with Gasteiger partial charge in [0.2, 0.25) is 0 Å². The predicted octanol–water partition coefficient (Wildman–Crippen LogP) is 4.55. The maximum absolute atomic E-state index is 3.18. The number of hydrogen-bond acceptors (Lipinski definition) is 0. The van der Waals surface area contributed by atoms with Crippen molar-refractivity contribution in [2.45, 2.75) is 71.6 Å². The van der Waals surface area contributed by atoms with Crippen LogP contribution >= 0.6 is 0 Å². The second-order valence-electron chi connectivity index (χ2n) is 3.93. The van der Waals surface area contributed by atoms with Gasteiger partial charge in [-0.25, -0.2) is 0 Å². The van der Waals surface area contributed by atoms with Crippen LogP contribution in [0.25, 0.3) is 0 Å². The summed E-state index contributed by atoms with van der Waals surface area (Å²) in [7, 11) is 0. The first-order chi connectivity index (χ1) is 8.41. The van der Waals surface area contributed by atoms with Crippen LogP contribution in [0.3, 0.4) is 0 Å². The minimum Gasteiger partial charge on any atom is -0.103 e. The Morgan fingerprint density at radius 1 is 0.588 bits per heavy atom. The first-order valence-corrected chi connectivity index (χ1v) is 6.79. The molecular formula is C17H24. The van der Waals surface area contributed by atoms with Crippen molar-refractivity contribution in [2.24, 2.45) is 0 Å². The van der Waals surface area contributed by atoms with Crippen molar-refractivity contribution in [1.29, 1.82) is 0 Å². The molecular weight excluding hydrogens is 204 g/mol. The fourth-order valence-electron chi connectivity index (χ4n) is 1.37. The van der Waals surface area contributed by atoms with E-state index in [0.29, 0.717) is 12.8 Å². The molecule has 0 saturated carbocycles. The lowest BCUT2D eigenvalue weighted by molar-refractivity contribution is 0.641. The SMILES string of the molecule is CCC#CCC#CCC#CCCCCCCC. The summed E-state index contributed by atoms with van der Waals surface area (Å²) < 4.78 is 0. The third kappa shape index (κ3) is 14.7. The molecule has 92 valence electrons. The van der Waals surface area contributed by atoms with Gasteiger partial charge in [-0.15, -0.1) is 11.8 Å². The highest BCUT2D eigenvalue weighted by molar-refractivity contribution is 5.15. The summed E-state index contributed by atoms with van der Waals surface area (Å²) in [6.45, 7) is 4.29. The zero-order chi connectivity index (χ0) is 12.6. The fraction of sp³-hybridized carbons (Fsp3) is 0.647.